The molecule has 3 rings (SSSR count). The molecule has 1 aliphatic carbocycles. The molecule has 1 aliphatic rings. The lowest BCUT2D eigenvalue weighted by molar-refractivity contribution is 0.717. The van der Waals surface area contributed by atoms with E-state index in [4.69, 9.17) is 0 Å². The lowest BCUT2D eigenvalue weighted by atomic mass is 10.00. The first-order valence-corrected chi connectivity index (χ1v) is 7.74. The van der Waals surface area contributed by atoms with E-state index in [2.05, 4.69) is 61.5 Å². The highest BCUT2D eigenvalue weighted by Crippen LogP contribution is 2.31. The molecule has 0 atom stereocenters. The zero-order valence-electron chi connectivity index (χ0n) is 12.2. The number of aryl methyl sites for hydroxylation is 1. The second-order valence-electron chi connectivity index (χ2n) is 5.70. The van der Waals surface area contributed by atoms with Crippen molar-refractivity contribution in [2.45, 2.75) is 39.0 Å². The van der Waals surface area contributed by atoms with Crippen LogP contribution in [0.15, 0.2) is 48.5 Å². The minimum Gasteiger partial charge on any atom is -0.0654 e. The summed E-state index contributed by atoms with van der Waals surface area (Å²) in [6.45, 7) is 2.26. The Kier molecular flexibility index (Phi) is 4.01. The summed E-state index contributed by atoms with van der Waals surface area (Å²) >= 11 is 0. The highest BCUT2D eigenvalue weighted by Gasteiger charge is 2.12. The van der Waals surface area contributed by atoms with E-state index in [-0.39, 0.29) is 0 Å². The lowest BCUT2D eigenvalue weighted by Gasteiger charge is -2.05. The Morgan fingerprint density at radius 2 is 1.70 bits per heavy atom. The molecule has 0 saturated carbocycles. The van der Waals surface area contributed by atoms with Crippen LogP contribution in [0.4, 0.5) is 0 Å². The molecule has 0 heteroatoms. The van der Waals surface area contributed by atoms with Crippen molar-refractivity contribution in [3.05, 3.63) is 70.8 Å². The predicted molar refractivity (Wildman–Crippen MR) is 87.7 cm³/mol. The Morgan fingerprint density at radius 3 is 2.45 bits per heavy atom. The molecule has 0 aromatic heterocycles. The molecule has 0 heterocycles. The monoisotopic (exact) mass is 262 g/mol. The average molecular weight is 262 g/mol. The van der Waals surface area contributed by atoms with E-state index in [0.717, 1.165) is 6.42 Å². The summed E-state index contributed by atoms with van der Waals surface area (Å²) in [6, 6.07) is 17.9. The van der Waals surface area contributed by atoms with Crippen molar-refractivity contribution in [2.75, 3.05) is 0 Å². The van der Waals surface area contributed by atoms with Crippen LogP contribution in [0.3, 0.4) is 0 Å². The summed E-state index contributed by atoms with van der Waals surface area (Å²) in [5, 5.41) is 0. The molecule has 0 fully saturated rings. The number of hydrogen-bond acceptors (Lipinski definition) is 0. The van der Waals surface area contributed by atoms with Crippen LogP contribution in [0.1, 0.15) is 48.4 Å². The third-order valence-electron chi connectivity index (χ3n) is 4.16. The number of benzene rings is 2. The van der Waals surface area contributed by atoms with Gasteiger partial charge in [0.25, 0.3) is 0 Å². The van der Waals surface area contributed by atoms with Gasteiger partial charge in [-0.3, -0.25) is 0 Å². The molecule has 0 saturated heterocycles. The first-order valence-electron chi connectivity index (χ1n) is 7.74. The molecular formula is C20H22. The third-order valence-corrected chi connectivity index (χ3v) is 4.16. The van der Waals surface area contributed by atoms with Crippen LogP contribution in [0, 0.1) is 0 Å². The Bertz CT molecular complexity index is 602. The lowest BCUT2D eigenvalue weighted by Crippen LogP contribution is -1.88. The van der Waals surface area contributed by atoms with E-state index < -0.39 is 0 Å². The molecule has 2 aromatic carbocycles. The summed E-state index contributed by atoms with van der Waals surface area (Å²) in [6.07, 6.45) is 8.57. The molecule has 0 radical (unpaired) electrons. The number of unbranched alkanes of at least 4 members (excludes halogenated alkanes) is 2. The van der Waals surface area contributed by atoms with Gasteiger partial charge >= 0.3 is 0 Å². The number of hydrogen-bond donors (Lipinski definition) is 0. The molecule has 102 valence electrons. The number of rotatable bonds is 5. The maximum absolute atomic E-state index is 2.33. The quantitative estimate of drug-likeness (QED) is 0.623. The van der Waals surface area contributed by atoms with Crippen molar-refractivity contribution in [1.29, 1.82) is 0 Å². The van der Waals surface area contributed by atoms with Crippen LogP contribution in [0.5, 0.6) is 0 Å². The van der Waals surface area contributed by atoms with Gasteiger partial charge in [0.1, 0.15) is 0 Å². The highest BCUT2D eigenvalue weighted by molar-refractivity contribution is 5.88. The molecule has 0 aliphatic heterocycles. The van der Waals surface area contributed by atoms with Crippen molar-refractivity contribution in [1.82, 2.24) is 0 Å². The molecule has 0 N–H and O–H groups in total. The Morgan fingerprint density at radius 1 is 0.900 bits per heavy atom. The van der Waals surface area contributed by atoms with Gasteiger partial charge in [-0.25, -0.2) is 0 Å². The second kappa shape index (κ2) is 6.09. The van der Waals surface area contributed by atoms with Gasteiger partial charge in [0, 0.05) is 0 Å². The van der Waals surface area contributed by atoms with Crippen molar-refractivity contribution in [2.24, 2.45) is 0 Å². The number of allylic oxidation sites excluding steroid dienone is 1. The zero-order valence-corrected chi connectivity index (χ0v) is 12.2. The van der Waals surface area contributed by atoms with Crippen LogP contribution in [0.2, 0.25) is 0 Å². The van der Waals surface area contributed by atoms with Gasteiger partial charge < -0.3 is 0 Å². The molecule has 2 aromatic rings. The summed E-state index contributed by atoms with van der Waals surface area (Å²) in [5.41, 5.74) is 7.13. The summed E-state index contributed by atoms with van der Waals surface area (Å²) in [7, 11) is 0. The molecule has 0 amide bonds. The van der Waals surface area contributed by atoms with Crippen LogP contribution in [-0.4, -0.2) is 0 Å². The first kappa shape index (κ1) is 13.2. The zero-order chi connectivity index (χ0) is 13.8. The molecule has 0 bridgehead atoms. The van der Waals surface area contributed by atoms with Crippen molar-refractivity contribution >= 4 is 11.6 Å². The maximum atomic E-state index is 2.33. The normalized spacial score (nSPS) is 13.2. The minimum atomic E-state index is 1.07. The fourth-order valence-electron chi connectivity index (χ4n) is 2.93. The van der Waals surface area contributed by atoms with E-state index >= 15 is 0 Å². The summed E-state index contributed by atoms with van der Waals surface area (Å²) in [5.74, 6) is 0. The fraction of sp³-hybridized carbons (Fsp3) is 0.300. The summed E-state index contributed by atoms with van der Waals surface area (Å²) in [4.78, 5) is 0. The molecule has 0 nitrogen and oxygen atoms in total. The summed E-state index contributed by atoms with van der Waals surface area (Å²) < 4.78 is 0. The van der Waals surface area contributed by atoms with E-state index in [1.165, 1.54) is 53.5 Å². The molecular weight excluding hydrogens is 240 g/mol. The maximum Gasteiger partial charge on any atom is -0.00137 e. The van der Waals surface area contributed by atoms with E-state index in [0.29, 0.717) is 0 Å². The van der Waals surface area contributed by atoms with Crippen molar-refractivity contribution in [3.8, 4) is 0 Å². The van der Waals surface area contributed by atoms with Gasteiger partial charge in [-0.1, -0.05) is 74.4 Å². The molecule has 0 spiro atoms. The van der Waals surface area contributed by atoms with Gasteiger partial charge in [0.2, 0.25) is 0 Å². The van der Waals surface area contributed by atoms with Gasteiger partial charge in [-0.05, 0) is 47.1 Å². The smallest absolute Gasteiger partial charge is 0.00137 e. The largest absolute Gasteiger partial charge is 0.0654 e. The standard InChI is InChI=1S/C20H22/c1-2-3-4-7-16-10-12-17(13-11-16)20-14-18-8-5-6-9-19(18)15-20/h5-6,8-14H,2-4,7,15H2,1H3. The minimum absolute atomic E-state index is 1.07. The van der Waals surface area contributed by atoms with E-state index in [1.807, 2.05) is 0 Å². The highest BCUT2D eigenvalue weighted by atomic mass is 14.2. The van der Waals surface area contributed by atoms with Crippen LogP contribution in [-0.2, 0) is 12.8 Å². The molecule has 20 heavy (non-hydrogen) atoms. The average Bonchev–Trinajstić information content (AvgIpc) is 2.92. The molecule has 0 unspecified atom stereocenters. The SMILES string of the molecule is CCCCCc1ccc(C2=Cc3ccccc3C2)cc1. The van der Waals surface area contributed by atoms with Gasteiger partial charge in [-0.2, -0.15) is 0 Å². The van der Waals surface area contributed by atoms with Crippen molar-refractivity contribution < 1.29 is 0 Å². The Balaban J connectivity index is 1.70. The van der Waals surface area contributed by atoms with E-state index in [9.17, 15) is 0 Å². The van der Waals surface area contributed by atoms with Gasteiger partial charge in [0.05, 0.1) is 0 Å². The topological polar surface area (TPSA) is 0 Å². The fourth-order valence-corrected chi connectivity index (χ4v) is 2.93. The Hall–Kier alpha value is -1.82. The predicted octanol–water partition coefficient (Wildman–Crippen LogP) is 5.52. The van der Waals surface area contributed by atoms with Crippen molar-refractivity contribution in [3.63, 3.8) is 0 Å². The first-order chi connectivity index (χ1) is 9.86. The number of fused-ring (bicyclic) bond motifs is 1. The Labute approximate surface area is 122 Å². The van der Waals surface area contributed by atoms with Crippen LogP contribution >= 0.6 is 0 Å². The van der Waals surface area contributed by atoms with Crippen LogP contribution in [0.25, 0.3) is 11.6 Å². The van der Waals surface area contributed by atoms with Gasteiger partial charge in [-0.15, -0.1) is 0 Å². The second-order valence-corrected chi connectivity index (χ2v) is 5.70. The van der Waals surface area contributed by atoms with E-state index in [1.54, 1.807) is 0 Å². The van der Waals surface area contributed by atoms with Gasteiger partial charge in [0.15, 0.2) is 0 Å². The van der Waals surface area contributed by atoms with Crippen LogP contribution < -0.4 is 0 Å². The third kappa shape index (κ3) is 2.85.